The van der Waals surface area contributed by atoms with Gasteiger partial charge in [0.05, 0.1) is 10.7 Å². The third-order valence-corrected chi connectivity index (χ3v) is 6.80. The molecule has 0 aliphatic rings. The van der Waals surface area contributed by atoms with E-state index in [2.05, 4.69) is 9.71 Å². The fraction of sp³-hybridized carbons (Fsp3) is 0.417. The average molecular weight is 331 g/mol. The van der Waals surface area contributed by atoms with E-state index in [1.54, 1.807) is 17.4 Å². The summed E-state index contributed by atoms with van der Waals surface area (Å²) in [4.78, 5) is 5.21. The lowest BCUT2D eigenvalue weighted by Crippen LogP contribution is -2.25. The molecule has 0 radical (unpaired) electrons. The summed E-state index contributed by atoms with van der Waals surface area (Å²) >= 11 is 2.79. The Morgan fingerprint density at radius 1 is 1.40 bits per heavy atom. The summed E-state index contributed by atoms with van der Waals surface area (Å²) in [5.41, 5.74) is 7.41. The van der Waals surface area contributed by atoms with Crippen LogP contribution in [0.2, 0.25) is 0 Å². The van der Waals surface area contributed by atoms with Crippen LogP contribution in [0.25, 0.3) is 0 Å². The van der Waals surface area contributed by atoms with Crippen molar-refractivity contribution >= 4 is 32.7 Å². The molecular formula is C12H17N3O2S3. The van der Waals surface area contributed by atoms with Crippen LogP contribution in [0.4, 0.5) is 0 Å². The fourth-order valence-corrected chi connectivity index (χ4v) is 4.92. The number of thiazole rings is 1. The molecule has 0 unspecified atom stereocenters. The van der Waals surface area contributed by atoms with E-state index >= 15 is 0 Å². The molecule has 20 heavy (non-hydrogen) atoms. The maximum absolute atomic E-state index is 12.1. The van der Waals surface area contributed by atoms with Gasteiger partial charge in [0.1, 0.15) is 4.21 Å². The zero-order valence-corrected chi connectivity index (χ0v) is 13.8. The van der Waals surface area contributed by atoms with Gasteiger partial charge in [0.25, 0.3) is 0 Å². The van der Waals surface area contributed by atoms with Gasteiger partial charge < -0.3 is 5.73 Å². The Morgan fingerprint density at radius 2 is 2.15 bits per heavy atom. The van der Waals surface area contributed by atoms with Crippen LogP contribution in [0.15, 0.2) is 15.7 Å². The first-order valence-corrected chi connectivity index (χ1v) is 9.30. The Hall–Kier alpha value is -0.800. The predicted molar refractivity (Wildman–Crippen MR) is 82.7 cm³/mol. The summed E-state index contributed by atoms with van der Waals surface area (Å²) in [6.07, 6.45) is 0.595. The lowest BCUT2D eigenvalue weighted by molar-refractivity contribution is 0.583. The quantitative estimate of drug-likeness (QED) is 0.845. The fourth-order valence-electron chi connectivity index (χ4n) is 1.73. The number of hydrogen-bond donors (Lipinski definition) is 2. The molecular weight excluding hydrogens is 314 g/mol. The highest BCUT2D eigenvalue weighted by Gasteiger charge is 2.18. The Morgan fingerprint density at radius 3 is 2.70 bits per heavy atom. The minimum atomic E-state index is -3.45. The summed E-state index contributed by atoms with van der Waals surface area (Å²) in [5.74, 6) is 0. The summed E-state index contributed by atoms with van der Waals surface area (Å²) in [6.45, 7) is 4.52. The molecule has 3 N–H and O–H groups in total. The van der Waals surface area contributed by atoms with Crippen molar-refractivity contribution in [3.05, 3.63) is 32.6 Å². The summed E-state index contributed by atoms with van der Waals surface area (Å²) in [6, 6.07) is 1.67. The number of nitrogens with zero attached hydrogens (tertiary/aromatic N) is 1. The Balaban J connectivity index is 2.00. The molecule has 0 aliphatic heterocycles. The van der Waals surface area contributed by atoms with Crippen LogP contribution in [-0.4, -0.2) is 19.9 Å². The van der Waals surface area contributed by atoms with E-state index in [-0.39, 0.29) is 0 Å². The van der Waals surface area contributed by atoms with Crippen molar-refractivity contribution in [2.75, 3.05) is 6.54 Å². The van der Waals surface area contributed by atoms with Crippen LogP contribution in [0.3, 0.4) is 0 Å². The van der Waals surface area contributed by atoms with Crippen LogP contribution >= 0.6 is 22.7 Å². The van der Waals surface area contributed by atoms with Crippen LogP contribution < -0.4 is 10.5 Å². The predicted octanol–water partition coefficient (Wildman–Crippen LogP) is 1.80. The molecule has 2 aromatic heterocycles. The maximum atomic E-state index is 12.1. The van der Waals surface area contributed by atoms with Crippen molar-refractivity contribution in [1.82, 2.24) is 9.71 Å². The van der Waals surface area contributed by atoms with Crippen LogP contribution in [0.5, 0.6) is 0 Å². The van der Waals surface area contributed by atoms with E-state index in [9.17, 15) is 8.42 Å². The van der Waals surface area contributed by atoms with Crippen LogP contribution in [0.1, 0.15) is 21.1 Å². The van der Waals surface area contributed by atoms with Gasteiger partial charge in [-0.15, -0.1) is 22.7 Å². The van der Waals surface area contributed by atoms with E-state index in [4.69, 9.17) is 5.73 Å². The second kappa shape index (κ2) is 6.31. The average Bonchev–Trinajstić information content (AvgIpc) is 2.95. The largest absolute Gasteiger partial charge is 0.326 e. The van der Waals surface area contributed by atoms with Gasteiger partial charge in [0.15, 0.2) is 0 Å². The highest BCUT2D eigenvalue weighted by atomic mass is 32.2. The van der Waals surface area contributed by atoms with Crippen molar-refractivity contribution in [2.24, 2.45) is 5.73 Å². The van der Waals surface area contributed by atoms with Gasteiger partial charge in [-0.3, -0.25) is 0 Å². The highest BCUT2D eigenvalue weighted by molar-refractivity contribution is 7.91. The number of nitrogens with two attached hydrogens (primary N) is 1. The first-order chi connectivity index (χ1) is 9.42. The molecule has 0 aromatic carbocycles. The zero-order chi connectivity index (χ0) is 14.8. The smallest absolute Gasteiger partial charge is 0.250 e. The van der Waals surface area contributed by atoms with Gasteiger partial charge in [-0.2, -0.15) is 0 Å². The topological polar surface area (TPSA) is 85.1 Å². The van der Waals surface area contributed by atoms with Gasteiger partial charge >= 0.3 is 0 Å². The van der Waals surface area contributed by atoms with Crippen molar-refractivity contribution in [2.45, 2.75) is 31.0 Å². The minimum Gasteiger partial charge on any atom is -0.326 e. The summed E-state index contributed by atoms with van der Waals surface area (Å²) < 4.78 is 27.2. The molecule has 0 saturated carbocycles. The molecule has 8 heteroatoms. The first kappa shape index (κ1) is 15.6. The number of thiophene rings is 1. The van der Waals surface area contributed by atoms with Gasteiger partial charge in [-0.05, 0) is 25.5 Å². The Kier molecular flexibility index (Phi) is 4.92. The lowest BCUT2D eigenvalue weighted by atomic mass is 10.3. The summed E-state index contributed by atoms with van der Waals surface area (Å²) in [5, 5.41) is 2.94. The maximum Gasteiger partial charge on any atom is 0.250 e. The van der Waals surface area contributed by atoms with E-state index in [0.29, 0.717) is 23.7 Å². The van der Waals surface area contributed by atoms with E-state index in [1.165, 1.54) is 11.3 Å². The third-order valence-electron chi connectivity index (χ3n) is 2.79. The first-order valence-electron chi connectivity index (χ1n) is 6.12. The van der Waals surface area contributed by atoms with E-state index in [0.717, 1.165) is 21.1 Å². The standard InChI is InChI=1S/C12H17N3O2S3/c1-8-5-12(19-11(8)6-13)20(16,17)14-4-3-10-7-18-9(2)15-10/h5,7,14H,3-4,6,13H2,1-2H3. The number of sulfonamides is 1. The second-order valence-electron chi connectivity index (χ2n) is 4.38. The molecule has 5 nitrogen and oxygen atoms in total. The molecule has 0 saturated heterocycles. The molecule has 110 valence electrons. The number of aryl methyl sites for hydroxylation is 2. The lowest BCUT2D eigenvalue weighted by Gasteiger charge is -2.03. The number of aromatic nitrogens is 1. The van der Waals surface area contributed by atoms with Crippen molar-refractivity contribution in [3.63, 3.8) is 0 Å². The van der Waals surface area contributed by atoms with Gasteiger partial charge in [0, 0.05) is 29.8 Å². The molecule has 2 heterocycles. The number of nitrogens with one attached hydrogen (secondary N) is 1. The Bertz CT molecular complexity index is 689. The third kappa shape index (κ3) is 3.64. The molecule has 0 fully saturated rings. The van der Waals surface area contributed by atoms with E-state index < -0.39 is 10.0 Å². The van der Waals surface area contributed by atoms with Crippen LogP contribution in [-0.2, 0) is 23.0 Å². The summed E-state index contributed by atoms with van der Waals surface area (Å²) in [7, 11) is -3.45. The molecule has 0 amide bonds. The van der Waals surface area contributed by atoms with Gasteiger partial charge in [-0.25, -0.2) is 18.1 Å². The second-order valence-corrected chi connectivity index (χ2v) is 8.57. The molecule has 0 aliphatic carbocycles. The molecule has 2 rings (SSSR count). The van der Waals surface area contributed by atoms with Crippen molar-refractivity contribution in [1.29, 1.82) is 0 Å². The van der Waals surface area contributed by atoms with E-state index in [1.807, 2.05) is 19.2 Å². The number of hydrogen-bond acceptors (Lipinski definition) is 6. The number of rotatable bonds is 6. The molecule has 0 atom stereocenters. The normalized spacial score (nSPS) is 11.9. The SMILES string of the molecule is Cc1nc(CCNS(=O)(=O)c2cc(C)c(CN)s2)cs1. The molecule has 0 bridgehead atoms. The molecule has 2 aromatic rings. The van der Waals surface area contributed by atoms with Crippen molar-refractivity contribution < 1.29 is 8.42 Å². The minimum absolute atomic E-state index is 0.324. The highest BCUT2D eigenvalue weighted by Crippen LogP contribution is 2.25. The monoisotopic (exact) mass is 331 g/mol. The van der Waals surface area contributed by atoms with Crippen LogP contribution in [0, 0.1) is 13.8 Å². The van der Waals surface area contributed by atoms with Gasteiger partial charge in [-0.1, -0.05) is 0 Å². The van der Waals surface area contributed by atoms with Crippen molar-refractivity contribution in [3.8, 4) is 0 Å². The molecule has 0 spiro atoms. The zero-order valence-electron chi connectivity index (χ0n) is 11.3. The Labute approximate surface area is 126 Å². The van der Waals surface area contributed by atoms with Gasteiger partial charge in [0.2, 0.25) is 10.0 Å².